The smallest absolute Gasteiger partial charge is 0.258 e. The molecular weight excluding hydrogens is 244 g/mol. The van der Waals surface area contributed by atoms with Crippen LogP contribution in [0, 0.1) is 21.6 Å². The van der Waals surface area contributed by atoms with Gasteiger partial charge >= 0.3 is 5.69 Å². The topological polar surface area (TPSA) is 56.0 Å². The minimum absolute atomic E-state index is 0.0609. The molecule has 0 spiro atoms. The second-order valence-corrected chi connectivity index (χ2v) is 9.41. The summed E-state index contributed by atoms with van der Waals surface area (Å²) >= 11 is 5.86. The van der Waals surface area contributed by atoms with E-state index < -0.39 is 13.0 Å². The first-order chi connectivity index (χ1) is 7.31. The van der Waals surface area contributed by atoms with Gasteiger partial charge in [0.1, 0.15) is 19.3 Å². The summed E-state index contributed by atoms with van der Waals surface area (Å²) in [6.07, 6.45) is 2.57. The highest BCUT2D eigenvalue weighted by Gasteiger charge is 2.15. The molecule has 16 heavy (non-hydrogen) atoms. The van der Waals surface area contributed by atoms with Gasteiger partial charge in [0.25, 0.3) is 0 Å². The fourth-order valence-corrected chi connectivity index (χ4v) is 1.63. The average molecular weight is 255 g/mol. The van der Waals surface area contributed by atoms with Gasteiger partial charge in [0.05, 0.1) is 10.5 Å². The van der Waals surface area contributed by atoms with Gasteiger partial charge in [0.2, 0.25) is 0 Å². The van der Waals surface area contributed by atoms with Gasteiger partial charge in [-0.3, -0.25) is 15.1 Å². The maximum Gasteiger partial charge on any atom is 0.307 e. The largest absolute Gasteiger partial charge is 0.307 e. The van der Waals surface area contributed by atoms with Gasteiger partial charge in [-0.25, -0.2) is 0 Å². The van der Waals surface area contributed by atoms with Crippen LogP contribution in [0.15, 0.2) is 12.4 Å². The number of nitro groups is 1. The summed E-state index contributed by atoms with van der Waals surface area (Å²) in [5, 5.41) is 10.7. The molecule has 0 fully saturated rings. The number of hydrogen-bond acceptors (Lipinski definition) is 3. The summed E-state index contributed by atoms with van der Waals surface area (Å²) in [7, 11) is -1.52. The van der Waals surface area contributed by atoms with Gasteiger partial charge in [0.15, 0.2) is 0 Å². The Morgan fingerprint density at radius 2 is 2.06 bits per heavy atom. The molecule has 1 heterocycles. The molecule has 1 aromatic rings. The van der Waals surface area contributed by atoms with Crippen molar-refractivity contribution in [2.45, 2.75) is 19.6 Å². The summed E-state index contributed by atoms with van der Waals surface area (Å²) in [5.74, 6) is 2.86. The molecule has 1 aromatic heterocycles. The molecule has 0 amide bonds. The predicted molar refractivity (Wildman–Crippen MR) is 66.1 cm³/mol. The quantitative estimate of drug-likeness (QED) is 0.335. The highest BCUT2D eigenvalue weighted by molar-refractivity contribution is 6.83. The first-order valence-corrected chi connectivity index (χ1v) is 8.50. The number of rotatable bonds is 1. The zero-order valence-corrected chi connectivity index (χ0v) is 11.0. The SMILES string of the molecule is C[Si](C)(C)C#Cc1cncc([N+](=O)[O-])c1Cl. The molecule has 6 heteroatoms. The standard InChI is InChI=1S/C10H11ClN2O2Si/c1-16(2,3)5-4-8-6-12-7-9(10(8)11)13(14)15/h6-7H,1-3H3. The minimum Gasteiger partial charge on any atom is -0.258 e. The molecule has 1 rings (SSSR count). The predicted octanol–water partition coefficient (Wildman–Crippen LogP) is 2.87. The molecule has 0 aromatic carbocycles. The Morgan fingerprint density at radius 3 is 2.56 bits per heavy atom. The van der Waals surface area contributed by atoms with Crippen LogP contribution in [0.5, 0.6) is 0 Å². The van der Waals surface area contributed by atoms with Gasteiger partial charge in [0, 0.05) is 6.20 Å². The molecule has 0 saturated heterocycles. The van der Waals surface area contributed by atoms with Gasteiger partial charge < -0.3 is 0 Å². The van der Waals surface area contributed by atoms with Crippen LogP contribution in [-0.2, 0) is 0 Å². The molecule has 0 aliphatic carbocycles. The van der Waals surface area contributed by atoms with E-state index in [9.17, 15) is 10.1 Å². The summed E-state index contributed by atoms with van der Waals surface area (Å²) in [5.41, 5.74) is 3.30. The molecule has 0 bridgehead atoms. The van der Waals surface area contributed by atoms with Crippen molar-refractivity contribution in [2.24, 2.45) is 0 Å². The lowest BCUT2D eigenvalue weighted by molar-refractivity contribution is -0.385. The number of nitrogens with zero attached hydrogens (tertiary/aromatic N) is 2. The lowest BCUT2D eigenvalue weighted by atomic mass is 10.3. The molecule has 84 valence electrons. The first-order valence-electron chi connectivity index (χ1n) is 4.62. The van der Waals surface area contributed by atoms with Crippen LogP contribution < -0.4 is 0 Å². The van der Waals surface area contributed by atoms with Gasteiger partial charge in [-0.1, -0.05) is 37.2 Å². The molecule has 0 N–H and O–H groups in total. The van der Waals surface area contributed by atoms with Crippen molar-refractivity contribution in [3.63, 3.8) is 0 Å². The maximum atomic E-state index is 10.6. The van der Waals surface area contributed by atoms with E-state index in [2.05, 4.69) is 36.1 Å². The number of hydrogen-bond donors (Lipinski definition) is 0. The maximum absolute atomic E-state index is 10.6. The molecule has 0 saturated carbocycles. The van der Waals surface area contributed by atoms with Gasteiger partial charge in [-0.05, 0) is 0 Å². The van der Waals surface area contributed by atoms with E-state index in [4.69, 9.17) is 11.6 Å². The van der Waals surface area contributed by atoms with E-state index >= 15 is 0 Å². The third-order valence-electron chi connectivity index (χ3n) is 1.63. The Hall–Kier alpha value is -1.38. The third kappa shape index (κ3) is 3.33. The number of aromatic nitrogens is 1. The Balaban J connectivity index is 3.20. The third-order valence-corrected chi connectivity index (χ3v) is 2.90. The van der Waals surface area contributed by atoms with E-state index in [1.807, 2.05) is 0 Å². The van der Waals surface area contributed by atoms with Crippen LogP contribution in [0.25, 0.3) is 0 Å². The molecule has 0 unspecified atom stereocenters. The minimum atomic E-state index is -1.52. The van der Waals surface area contributed by atoms with Crippen molar-refractivity contribution in [3.05, 3.63) is 33.1 Å². The second kappa shape index (κ2) is 4.64. The lowest BCUT2D eigenvalue weighted by Gasteiger charge is -2.03. The highest BCUT2D eigenvalue weighted by Crippen LogP contribution is 2.25. The number of halogens is 1. The van der Waals surface area contributed by atoms with Crippen LogP contribution in [0.4, 0.5) is 5.69 Å². The Morgan fingerprint density at radius 1 is 1.44 bits per heavy atom. The van der Waals surface area contributed by atoms with Gasteiger partial charge in [-0.15, -0.1) is 5.54 Å². The van der Waals surface area contributed by atoms with Crippen LogP contribution in [0.3, 0.4) is 0 Å². The van der Waals surface area contributed by atoms with E-state index in [0.29, 0.717) is 5.56 Å². The molecule has 4 nitrogen and oxygen atoms in total. The van der Waals surface area contributed by atoms with Crippen molar-refractivity contribution >= 4 is 25.4 Å². The fraction of sp³-hybridized carbons (Fsp3) is 0.300. The van der Waals surface area contributed by atoms with Crippen molar-refractivity contribution in [3.8, 4) is 11.5 Å². The first kappa shape index (κ1) is 12.7. The molecule has 0 aliphatic rings. The summed E-state index contributed by atoms with van der Waals surface area (Å²) in [4.78, 5) is 13.8. The van der Waals surface area contributed by atoms with Crippen LogP contribution in [0.2, 0.25) is 24.7 Å². The summed E-state index contributed by atoms with van der Waals surface area (Å²) < 4.78 is 0. The molecule has 0 radical (unpaired) electrons. The fourth-order valence-electron chi connectivity index (χ4n) is 0.903. The zero-order valence-electron chi connectivity index (χ0n) is 9.24. The van der Waals surface area contributed by atoms with Crippen molar-refractivity contribution in [2.75, 3.05) is 0 Å². The number of pyridine rings is 1. The van der Waals surface area contributed by atoms with Crippen molar-refractivity contribution < 1.29 is 4.92 Å². The molecular formula is C10H11ClN2O2Si. The van der Waals surface area contributed by atoms with Gasteiger partial charge in [-0.2, -0.15) is 0 Å². The van der Waals surface area contributed by atoms with E-state index in [1.165, 1.54) is 6.20 Å². The summed E-state index contributed by atoms with van der Waals surface area (Å²) in [6, 6.07) is 0. The van der Waals surface area contributed by atoms with Crippen molar-refractivity contribution in [1.82, 2.24) is 4.98 Å². The second-order valence-electron chi connectivity index (χ2n) is 4.28. The molecule has 0 aliphatic heterocycles. The Labute approximate surface area is 99.8 Å². The Kier molecular flexibility index (Phi) is 3.68. The normalized spacial score (nSPS) is 10.5. The monoisotopic (exact) mass is 254 g/mol. The summed E-state index contributed by atoms with van der Waals surface area (Å²) in [6.45, 7) is 6.25. The van der Waals surface area contributed by atoms with E-state index in [-0.39, 0.29) is 10.7 Å². The van der Waals surface area contributed by atoms with Crippen LogP contribution >= 0.6 is 11.6 Å². The van der Waals surface area contributed by atoms with E-state index in [0.717, 1.165) is 6.20 Å². The zero-order chi connectivity index (χ0) is 12.3. The van der Waals surface area contributed by atoms with Crippen molar-refractivity contribution in [1.29, 1.82) is 0 Å². The highest BCUT2D eigenvalue weighted by atomic mass is 35.5. The lowest BCUT2D eigenvalue weighted by Crippen LogP contribution is -2.16. The Bertz CT molecular complexity index is 486. The molecule has 0 atom stereocenters. The van der Waals surface area contributed by atoms with Crippen LogP contribution in [-0.4, -0.2) is 18.0 Å². The average Bonchev–Trinajstić information content (AvgIpc) is 2.14. The van der Waals surface area contributed by atoms with Crippen LogP contribution in [0.1, 0.15) is 5.56 Å². The van der Waals surface area contributed by atoms with E-state index in [1.54, 1.807) is 0 Å².